The maximum atomic E-state index is 5.68. The van der Waals surface area contributed by atoms with Crippen LogP contribution in [0.4, 0.5) is 0 Å². The Labute approximate surface area is 101 Å². The highest BCUT2D eigenvalue weighted by Crippen LogP contribution is 2.29. The molecule has 0 fully saturated rings. The summed E-state index contributed by atoms with van der Waals surface area (Å²) in [7, 11) is 0. The van der Waals surface area contributed by atoms with Crippen molar-refractivity contribution >= 4 is 27.3 Å². The van der Waals surface area contributed by atoms with Gasteiger partial charge in [-0.15, -0.1) is 0 Å². The van der Waals surface area contributed by atoms with Crippen LogP contribution < -0.4 is 4.74 Å². The minimum Gasteiger partial charge on any atom is -0.431 e. The molecule has 0 aliphatic heterocycles. The van der Waals surface area contributed by atoms with E-state index < -0.39 is 0 Å². The van der Waals surface area contributed by atoms with Crippen LogP contribution in [-0.2, 0) is 6.42 Å². The van der Waals surface area contributed by atoms with Crippen LogP contribution >= 0.6 is 27.3 Å². The molecule has 2 nitrogen and oxygen atoms in total. The lowest BCUT2D eigenvalue weighted by Gasteiger charge is -2.07. The van der Waals surface area contributed by atoms with Crippen molar-refractivity contribution in [2.45, 2.75) is 13.3 Å². The minimum atomic E-state index is 0.687. The summed E-state index contributed by atoms with van der Waals surface area (Å²) in [4.78, 5) is 4.09. The van der Waals surface area contributed by atoms with E-state index >= 15 is 0 Å². The maximum absolute atomic E-state index is 5.68. The van der Waals surface area contributed by atoms with Gasteiger partial charge in [-0.25, -0.2) is 4.98 Å². The Morgan fingerprint density at radius 3 is 3.00 bits per heavy atom. The van der Waals surface area contributed by atoms with Crippen molar-refractivity contribution in [3.05, 3.63) is 39.8 Å². The molecule has 1 heterocycles. The summed E-state index contributed by atoms with van der Waals surface area (Å²) < 4.78 is 6.76. The number of thiazole rings is 1. The number of ether oxygens (including phenoxy) is 1. The molecule has 4 heteroatoms. The predicted octanol–water partition coefficient (Wildman–Crippen LogP) is 4.26. The van der Waals surface area contributed by atoms with Gasteiger partial charge in [0.05, 0.1) is 0 Å². The topological polar surface area (TPSA) is 22.1 Å². The molecule has 0 amide bonds. The summed E-state index contributed by atoms with van der Waals surface area (Å²) in [6.45, 7) is 2.11. The van der Waals surface area contributed by atoms with E-state index in [0.29, 0.717) is 5.19 Å². The Hall–Kier alpha value is -0.870. The van der Waals surface area contributed by atoms with Gasteiger partial charge in [-0.2, -0.15) is 0 Å². The number of aromatic nitrogens is 1. The van der Waals surface area contributed by atoms with E-state index in [-0.39, 0.29) is 0 Å². The van der Waals surface area contributed by atoms with Crippen molar-refractivity contribution in [2.24, 2.45) is 0 Å². The average molecular weight is 284 g/mol. The van der Waals surface area contributed by atoms with Gasteiger partial charge in [-0.3, -0.25) is 0 Å². The van der Waals surface area contributed by atoms with E-state index in [1.807, 2.05) is 17.5 Å². The Bertz CT molecular complexity index is 442. The summed E-state index contributed by atoms with van der Waals surface area (Å²) in [5.74, 6) is 0.885. The highest BCUT2D eigenvalue weighted by molar-refractivity contribution is 9.10. The summed E-state index contributed by atoms with van der Waals surface area (Å²) in [6, 6.07) is 6.01. The number of hydrogen-bond donors (Lipinski definition) is 0. The quantitative estimate of drug-likeness (QED) is 0.840. The Kier molecular flexibility index (Phi) is 3.38. The maximum Gasteiger partial charge on any atom is 0.278 e. The standard InChI is InChI=1S/C11H10BrNOS/c1-2-8-7-9(12)3-4-10(8)14-11-13-5-6-15-11/h3-7H,2H2,1H3. The molecule has 0 spiro atoms. The SMILES string of the molecule is CCc1cc(Br)ccc1Oc1nccs1. The van der Waals surface area contributed by atoms with Crippen LogP contribution in [0.1, 0.15) is 12.5 Å². The van der Waals surface area contributed by atoms with Gasteiger partial charge in [0.2, 0.25) is 0 Å². The number of rotatable bonds is 3. The van der Waals surface area contributed by atoms with Crippen LogP contribution in [0.5, 0.6) is 10.9 Å². The van der Waals surface area contributed by atoms with Gasteiger partial charge in [0.15, 0.2) is 0 Å². The molecule has 0 N–H and O–H groups in total. The minimum absolute atomic E-state index is 0.687. The van der Waals surface area contributed by atoms with E-state index in [4.69, 9.17) is 4.74 Å². The van der Waals surface area contributed by atoms with Crippen molar-refractivity contribution in [1.29, 1.82) is 0 Å². The Balaban J connectivity index is 2.28. The van der Waals surface area contributed by atoms with E-state index in [9.17, 15) is 0 Å². The third-order valence-corrected chi connectivity index (χ3v) is 3.15. The fourth-order valence-corrected chi connectivity index (χ4v) is 2.18. The van der Waals surface area contributed by atoms with Crippen LogP contribution in [0.25, 0.3) is 0 Å². The largest absolute Gasteiger partial charge is 0.431 e. The van der Waals surface area contributed by atoms with E-state index in [2.05, 4.69) is 33.9 Å². The summed E-state index contributed by atoms with van der Waals surface area (Å²) in [5.41, 5.74) is 1.18. The van der Waals surface area contributed by atoms with Crippen molar-refractivity contribution in [3.63, 3.8) is 0 Å². The zero-order valence-corrected chi connectivity index (χ0v) is 10.6. The number of halogens is 1. The summed E-state index contributed by atoms with van der Waals surface area (Å²) in [5, 5.41) is 2.59. The van der Waals surface area contributed by atoms with Crippen LogP contribution in [-0.4, -0.2) is 4.98 Å². The molecule has 0 unspecified atom stereocenters. The van der Waals surface area contributed by atoms with Crippen molar-refractivity contribution < 1.29 is 4.74 Å². The second-order valence-electron chi connectivity index (χ2n) is 3.01. The monoisotopic (exact) mass is 283 g/mol. The van der Waals surface area contributed by atoms with Gasteiger partial charge in [0.1, 0.15) is 5.75 Å². The van der Waals surface area contributed by atoms with Crippen molar-refractivity contribution in [3.8, 4) is 10.9 Å². The summed E-state index contributed by atoms with van der Waals surface area (Å²) >= 11 is 4.94. The van der Waals surface area contributed by atoms with E-state index in [1.54, 1.807) is 6.20 Å². The fraction of sp³-hybridized carbons (Fsp3) is 0.182. The number of benzene rings is 1. The molecule has 1 aromatic carbocycles. The van der Waals surface area contributed by atoms with Crippen LogP contribution in [0.15, 0.2) is 34.2 Å². The molecule has 0 bridgehead atoms. The average Bonchev–Trinajstić information content (AvgIpc) is 2.73. The molecule has 0 saturated carbocycles. The molecule has 78 valence electrons. The van der Waals surface area contributed by atoms with Crippen LogP contribution in [0.3, 0.4) is 0 Å². The Morgan fingerprint density at radius 1 is 1.47 bits per heavy atom. The van der Waals surface area contributed by atoms with Crippen LogP contribution in [0, 0.1) is 0 Å². The van der Waals surface area contributed by atoms with E-state index in [1.165, 1.54) is 16.9 Å². The first-order chi connectivity index (χ1) is 7.29. The first-order valence-electron chi connectivity index (χ1n) is 4.65. The molecule has 2 aromatic rings. The number of aryl methyl sites for hydroxylation is 1. The highest BCUT2D eigenvalue weighted by atomic mass is 79.9. The van der Waals surface area contributed by atoms with Crippen molar-refractivity contribution in [2.75, 3.05) is 0 Å². The highest BCUT2D eigenvalue weighted by Gasteiger charge is 2.05. The molecular formula is C11H10BrNOS. The molecule has 2 rings (SSSR count). The molecule has 15 heavy (non-hydrogen) atoms. The lowest BCUT2D eigenvalue weighted by Crippen LogP contribution is -1.89. The molecule has 0 atom stereocenters. The zero-order valence-electron chi connectivity index (χ0n) is 8.24. The third-order valence-electron chi connectivity index (χ3n) is 2.01. The van der Waals surface area contributed by atoms with Gasteiger partial charge in [0.25, 0.3) is 5.19 Å². The molecule has 0 radical (unpaired) electrons. The molecule has 0 aliphatic rings. The zero-order chi connectivity index (χ0) is 10.7. The molecule has 1 aromatic heterocycles. The van der Waals surface area contributed by atoms with Gasteiger partial charge in [-0.05, 0) is 30.2 Å². The molecule has 0 aliphatic carbocycles. The second kappa shape index (κ2) is 4.77. The van der Waals surface area contributed by atoms with Crippen LogP contribution in [0.2, 0.25) is 0 Å². The fourth-order valence-electron chi connectivity index (χ4n) is 1.28. The number of nitrogens with zero attached hydrogens (tertiary/aromatic N) is 1. The van der Waals surface area contributed by atoms with Gasteiger partial charge >= 0.3 is 0 Å². The van der Waals surface area contributed by atoms with Gasteiger partial charge in [0, 0.05) is 16.0 Å². The lowest BCUT2D eigenvalue weighted by atomic mass is 10.1. The third kappa shape index (κ3) is 2.58. The van der Waals surface area contributed by atoms with E-state index in [0.717, 1.165) is 16.6 Å². The van der Waals surface area contributed by atoms with Gasteiger partial charge in [-0.1, -0.05) is 34.2 Å². The Morgan fingerprint density at radius 2 is 2.33 bits per heavy atom. The predicted molar refractivity (Wildman–Crippen MR) is 65.7 cm³/mol. The van der Waals surface area contributed by atoms with Gasteiger partial charge < -0.3 is 4.74 Å². The normalized spacial score (nSPS) is 10.3. The second-order valence-corrected chi connectivity index (χ2v) is 4.78. The smallest absolute Gasteiger partial charge is 0.278 e. The molecular weight excluding hydrogens is 274 g/mol. The first-order valence-corrected chi connectivity index (χ1v) is 6.32. The molecule has 0 saturated heterocycles. The first kappa shape index (κ1) is 10.6. The van der Waals surface area contributed by atoms with Crippen molar-refractivity contribution in [1.82, 2.24) is 4.98 Å². The number of hydrogen-bond acceptors (Lipinski definition) is 3. The summed E-state index contributed by atoms with van der Waals surface area (Å²) in [6.07, 6.45) is 2.69. The lowest BCUT2D eigenvalue weighted by molar-refractivity contribution is 0.473.